The van der Waals surface area contributed by atoms with Crippen molar-refractivity contribution in [2.24, 2.45) is 0 Å². The Balaban J connectivity index is 4.80. The Labute approximate surface area is 90.2 Å². The van der Waals surface area contributed by atoms with Crippen LogP contribution in [0.3, 0.4) is 0 Å². The molecular weight excluding hydrogens is 247 g/mol. The topological polar surface area (TPSA) is 165 Å². The van der Waals surface area contributed by atoms with E-state index in [0.717, 1.165) is 0 Å². The van der Waals surface area contributed by atoms with Gasteiger partial charge >= 0.3 is 7.82 Å². The van der Waals surface area contributed by atoms with Crippen LogP contribution in [0, 0.1) is 0 Å². The lowest BCUT2D eigenvalue weighted by atomic mass is 10.1. The van der Waals surface area contributed by atoms with Gasteiger partial charge in [-0.25, -0.2) is 4.57 Å². The van der Waals surface area contributed by atoms with Gasteiger partial charge in [0.15, 0.2) is 5.78 Å². The van der Waals surface area contributed by atoms with Crippen LogP contribution in [0.5, 0.6) is 0 Å². The molecule has 0 spiro atoms. The summed E-state index contributed by atoms with van der Waals surface area (Å²) in [7, 11) is -5.06. The van der Waals surface area contributed by atoms with E-state index in [4.69, 9.17) is 25.1 Å². The minimum atomic E-state index is -5.06. The summed E-state index contributed by atoms with van der Waals surface area (Å²) in [5, 5.41) is 35.2. The molecule has 0 aromatic heterocycles. The number of ketones is 1. The fourth-order valence-corrected chi connectivity index (χ4v) is 1.45. The maximum atomic E-state index is 10.8. The van der Waals surface area contributed by atoms with Crippen LogP contribution in [0.1, 0.15) is 0 Å². The first-order valence-corrected chi connectivity index (χ1v) is 5.60. The number of aliphatic hydroxyl groups excluding tert-OH is 4. The number of phosphoric ester groups is 1. The number of phosphoric acid groups is 1. The quantitative estimate of drug-likeness (QED) is 0.258. The van der Waals surface area contributed by atoms with E-state index in [0.29, 0.717) is 0 Å². The minimum absolute atomic E-state index is 0.986. The number of carbonyl (C=O) groups excluding carboxylic acids is 1. The van der Waals surface area contributed by atoms with Gasteiger partial charge in [0, 0.05) is 0 Å². The molecule has 0 heterocycles. The normalized spacial score (nSPS) is 17.9. The Hall–Kier alpha value is -0.380. The number of aliphatic hydroxyl groups is 4. The van der Waals surface area contributed by atoms with Gasteiger partial charge in [-0.1, -0.05) is 0 Å². The predicted octanol–water partition coefficient (Wildman–Crippen LogP) is -3.26. The van der Waals surface area contributed by atoms with E-state index >= 15 is 0 Å². The third kappa shape index (κ3) is 5.10. The molecule has 0 aliphatic carbocycles. The lowest BCUT2D eigenvalue weighted by molar-refractivity contribution is -0.141. The minimum Gasteiger partial charge on any atom is -0.394 e. The zero-order chi connectivity index (χ0) is 12.9. The molecule has 10 heteroatoms. The van der Waals surface area contributed by atoms with Crippen LogP contribution < -0.4 is 0 Å². The highest BCUT2D eigenvalue weighted by atomic mass is 31.2. The summed E-state index contributed by atoms with van der Waals surface area (Å²) in [6.45, 7) is -2.08. The molecule has 96 valence electrons. The second kappa shape index (κ2) is 6.38. The summed E-state index contributed by atoms with van der Waals surface area (Å²) in [5.74, 6) is -1.20. The summed E-state index contributed by atoms with van der Waals surface area (Å²) >= 11 is 0. The average Bonchev–Trinajstić information content (AvgIpc) is 2.21. The molecule has 16 heavy (non-hydrogen) atoms. The fraction of sp³-hybridized carbons (Fsp3) is 0.833. The number of rotatable bonds is 7. The van der Waals surface area contributed by atoms with E-state index < -0.39 is 45.1 Å². The van der Waals surface area contributed by atoms with Crippen LogP contribution in [-0.4, -0.2) is 67.5 Å². The molecule has 6 N–H and O–H groups in total. The first-order valence-electron chi connectivity index (χ1n) is 4.07. The van der Waals surface area contributed by atoms with Gasteiger partial charge in [-0.15, -0.1) is 0 Å². The van der Waals surface area contributed by atoms with Crippen molar-refractivity contribution >= 4 is 13.6 Å². The van der Waals surface area contributed by atoms with Crippen molar-refractivity contribution in [1.82, 2.24) is 0 Å². The Bertz CT molecular complexity index is 273. The molecule has 9 nitrogen and oxygen atoms in total. The smallest absolute Gasteiger partial charge is 0.394 e. The molecule has 0 radical (unpaired) electrons. The lowest BCUT2D eigenvalue weighted by Crippen LogP contribution is -2.46. The van der Waals surface area contributed by atoms with Crippen molar-refractivity contribution < 1.29 is 44.1 Å². The highest BCUT2D eigenvalue weighted by Gasteiger charge is 2.37. The molecular formula is C6H13O9P. The van der Waals surface area contributed by atoms with Crippen molar-refractivity contribution in [2.45, 2.75) is 18.3 Å². The number of Topliss-reactive ketones (excluding diaryl/α,β-unsaturated/α-hetero) is 1. The van der Waals surface area contributed by atoms with Gasteiger partial charge in [0.1, 0.15) is 24.9 Å². The Morgan fingerprint density at radius 3 is 2.06 bits per heavy atom. The Morgan fingerprint density at radius 2 is 1.75 bits per heavy atom. The van der Waals surface area contributed by atoms with E-state index in [1.54, 1.807) is 0 Å². The van der Waals surface area contributed by atoms with Gasteiger partial charge in [-0.05, 0) is 0 Å². The molecule has 0 aromatic carbocycles. The van der Waals surface area contributed by atoms with Crippen LogP contribution in [-0.2, 0) is 13.9 Å². The molecule has 0 aromatic rings. The standard InChI is InChI=1S/C6H13O9P/c7-1-3(9)5(11)6(4(10)2-8)15-16(12,13)14/h4-8,10-11H,1-2H2,(H2,12,13,14). The molecule has 0 aliphatic heterocycles. The highest BCUT2D eigenvalue weighted by molar-refractivity contribution is 7.46. The van der Waals surface area contributed by atoms with Crippen LogP contribution in [0.4, 0.5) is 0 Å². The van der Waals surface area contributed by atoms with Crippen LogP contribution in [0.25, 0.3) is 0 Å². The first kappa shape index (κ1) is 15.6. The van der Waals surface area contributed by atoms with Gasteiger partial charge in [-0.2, -0.15) is 0 Å². The molecule has 0 fully saturated rings. The lowest BCUT2D eigenvalue weighted by Gasteiger charge is -2.25. The van der Waals surface area contributed by atoms with Crippen molar-refractivity contribution in [3.8, 4) is 0 Å². The zero-order valence-electron chi connectivity index (χ0n) is 8.00. The SMILES string of the molecule is O=C(CO)C(O)C(OP(=O)(O)O)C(O)CO. The van der Waals surface area contributed by atoms with Crippen molar-refractivity contribution in [3.63, 3.8) is 0 Å². The summed E-state index contributed by atoms with van der Waals surface area (Å²) in [5.41, 5.74) is 0. The van der Waals surface area contributed by atoms with Crippen molar-refractivity contribution in [2.75, 3.05) is 13.2 Å². The molecule has 0 rings (SSSR count). The van der Waals surface area contributed by atoms with Crippen molar-refractivity contribution in [1.29, 1.82) is 0 Å². The maximum absolute atomic E-state index is 10.8. The predicted molar refractivity (Wildman–Crippen MR) is 48.1 cm³/mol. The molecule has 0 saturated heterocycles. The van der Waals surface area contributed by atoms with E-state index in [9.17, 15) is 14.5 Å². The second-order valence-electron chi connectivity index (χ2n) is 2.88. The Kier molecular flexibility index (Phi) is 6.23. The largest absolute Gasteiger partial charge is 0.470 e. The van der Waals surface area contributed by atoms with Crippen LogP contribution in [0.2, 0.25) is 0 Å². The molecule has 3 atom stereocenters. The molecule has 0 amide bonds. The highest BCUT2D eigenvalue weighted by Crippen LogP contribution is 2.39. The van der Waals surface area contributed by atoms with Gasteiger partial charge in [0.25, 0.3) is 0 Å². The molecule has 0 aliphatic rings. The van der Waals surface area contributed by atoms with Gasteiger partial charge in [0.2, 0.25) is 0 Å². The number of hydrogen-bond donors (Lipinski definition) is 6. The average molecular weight is 260 g/mol. The van der Waals surface area contributed by atoms with Crippen LogP contribution >= 0.6 is 7.82 Å². The molecule has 0 saturated carbocycles. The van der Waals surface area contributed by atoms with E-state index in [1.807, 2.05) is 0 Å². The van der Waals surface area contributed by atoms with Gasteiger partial charge in [-0.3, -0.25) is 9.32 Å². The zero-order valence-corrected chi connectivity index (χ0v) is 8.90. The molecule has 3 unspecified atom stereocenters. The van der Waals surface area contributed by atoms with Gasteiger partial charge < -0.3 is 30.2 Å². The number of hydrogen-bond acceptors (Lipinski definition) is 7. The third-order valence-electron chi connectivity index (χ3n) is 1.62. The maximum Gasteiger partial charge on any atom is 0.470 e. The summed E-state index contributed by atoms with van der Waals surface area (Å²) in [4.78, 5) is 27.7. The van der Waals surface area contributed by atoms with E-state index in [-0.39, 0.29) is 0 Å². The van der Waals surface area contributed by atoms with Crippen LogP contribution in [0.15, 0.2) is 0 Å². The second-order valence-corrected chi connectivity index (χ2v) is 4.07. The molecule has 0 bridgehead atoms. The van der Waals surface area contributed by atoms with Crippen molar-refractivity contribution in [3.05, 3.63) is 0 Å². The summed E-state index contributed by atoms with van der Waals surface area (Å²) in [6.07, 6.45) is -6.05. The fourth-order valence-electron chi connectivity index (χ4n) is 0.878. The first-order chi connectivity index (χ1) is 7.22. The van der Waals surface area contributed by atoms with Gasteiger partial charge in [0.05, 0.1) is 6.61 Å². The summed E-state index contributed by atoms with van der Waals surface area (Å²) < 4.78 is 14.4. The number of carbonyl (C=O) groups is 1. The third-order valence-corrected chi connectivity index (χ3v) is 2.14. The Morgan fingerprint density at radius 1 is 1.25 bits per heavy atom. The van der Waals surface area contributed by atoms with E-state index in [2.05, 4.69) is 4.52 Å². The monoisotopic (exact) mass is 260 g/mol. The summed E-state index contributed by atoms with van der Waals surface area (Å²) in [6, 6.07) is 0. The van der Waals surface area contributed by atoms with E-state index in [1.165, 1.54) is 0 Å².